The van der Waals surface area contributed by atoms with Crippen LogP contribution in [0.2, 0.25) is 0 Å². The summed E-state index contributed by atoms with van der Waals surface area (Å²) in [7, 11) is 0. The van der Waals surface area contributed by atoms with E-state index in [0.717, 1.165) is 37.5 Å². The van der Waals surface area contributed by atoms with E-state index in [9.17, 15) is 0 Å². The minimum absolute atomic E-state index is 0.694. The van der Waals surface area contributed by atoms with E-state index >= 15 is 0 Å². The maximum atomic E-state index is 5.84. The van der Waals surface area contributed by atoms with Gasteiger partial charge in [0.25, 0.3) is 0 Å². The number of hydrogen-bond acceptors (Lipinski definition) is 3. The van der Waals surface area contributed by atoms with Crippen LogP contribution in [0.3, 0.4) is 0 Å². The average molecular weight is 339 g/mol. The molecule has 1 fully saturated rings. The van der Waals surface area contributed by atoms with Gasteiger partial charge in [-0.3, -0.25) is 0 Å². The third-order valence-electron chi connectivity index (χ3n) is 4.66. The highest BCUT2D eigenvalue weighted by Crippen LogP contribution is 2.18. The van der Waals surface area contributed by atoms with E-state index in [1.165, 1.54) is 37.9 Å². The van der Waals surface area contributed by atoms with Crippen molar-refractivity contribution in [3.05, 3.63) is 60.2 Å². The molecule has 0 saturated carbocycles. The molecule has 0 aromatic heterocycles. The van der Waals surface area contributed by atoms with Crippen LogP contribution in [0.4, 0.5) is 0 Å². The summed E-state index contributed by atoms with van der Waals surface area (Å²) in [5, 5.41) is 0. The van der Waals surface area contributed by atoms with E-state index in [-0.39, 0.29) is 0 Å². The van der Waals surface area contributed by atoms with Gasteiger partial charge in [-0.2, -0.15) is 0 Å². The van der Waals surface area contributed by atoms with Gasteiger partial charge in [0.1, 0.15) is 11.5 Å². The molecule has 0 bridgehead atoms. The van der Waals surface area contributed by atoms with Gasteiger partial charge in [0.15, 0.2) is 0 Å². The fourth-order valence-electron chi connectivity index (χ4n) is 3.22. The molecule has 1 heterocycles. The third kappa shape index (κ3) is 6.43. The van der Waals surface area contributed by atoms with Crippen LogP contribution in [0.1, 0.15) is 31.2 Å². The minimum atomic E-state index is 0.694. The number of ether oxygens (including phenoxy) is 2. The molecule has 1 saturated heterocycles. The molecule has 3 nitrogen and oxygen atoms in total. The maximum absolute atomic E-state index is 5.84. The highest BCUT2D eigenvalue weighted by molar-refractivity contribution is 5.31. The van der Waals surface area contributed by atoms with Crippen LogP contribution in [0, 0.1) is 0 Å². The van der Waals surface area contributed by atoms with Crippen LogP contribution in [0.15, 0.2) is 54.6 Å². The predicted molar refractivity (Wildman–Crippen MR) is 102 cm³/mol. The molecule has 0 spiro atoms. The van der Waals surface area contributed by atoms with E-state index in [1.807, 2.05) is 30.3 Å². The second-order valence-corrected chi connectivity index (χ2v) is 6.66. The molecule has 0 atom stereocenters. The summed E-state index contributed by atoms with van der Waals surface area (Å²) in [5.74, 6) is 1.82. The molecule has 3 rings (SSSR count). The molecule has 2 aromatic carbocycles. The minimum Gasteiger partial charge on any atom is -0.494 e. The van der Waals surface area contributed by atoms with Crippen molar-refractivity contribution in [2.75, 3.05) is 32.8 Å². The number of benzene rings is 2. The summed E-state index contributed by atoms with van der Waals surface area (Å²) in [6, 6.07) is 18.4. The Labute approximate surface area is 151 Å². The molecular formula is C22H29NO2. The Morgan fingerprint density at radius 1 is 0.720 bits per heavy atom. The standard InChI is InChI=1S/C22H29NO2/c1-3-8-20(9-4-1)14-19-25-22-12-10-21(11-13-22)24-18-7-17-23-15-5-2-6-16-23/h1,3-4,8-13H,2,5-7,14-19H2. The van der Waals surface area contributed by atoms with Gasteiger partial charge < -0.3 is 14.4 Å². The lowest BCUT2D eigenvalue weighted by molar-refractivity contribution is 0.205. The maximum Gasteiger partial charge on any atom is 0.119 e. The first-order valence-electron chi connectivity index (χ1n) is 9.52. The third-order valence-corrected chi connectivity index (χ3v) is 4.66. The van der Waals surface area contributed by atoms with E-state index < -0.39 is 0 Å². The molecule has 1 aliphatic heterocycles. The fourth-order valence-corrected chi connectivity index (χ4v) is 3.22. The molecule has 2 aromatic rings. The molecular weight excluding hydrogens is 310 g/mol. The fraction of sp³-hybridized carbons (Fsp3) is 0.455. The summed E-state index contributed by atoms with van der Waals surface area (Å²) in [6.45, 7) is 5.15. The largest absolute Gasteiger partial charge is 0.494 e. The number of nitrogens with zero attached hydrogens (tertiary/aromatic N) is 1. The Hall–Kier alpha value is -2.00. The van der Waals surface area contributed by atoms with Crippen LogP contribution in [-0.2, 0) is 6.42 Å². The summed E-state index contributed by atoms with van der Waals surface area (Å²) < 4.78 is 11.7. The molecule has 25 heavy (non-hydrogen) atoms. The number of rotatable bonds is 9. The Bertz CT molecular complexity index is 591. The van der Waals surface area contributed by atoms with Crippen molar-refractivity contribution in [3.63, 3.8) is 0 Å². The average Bonchev–Trinajstić information content (AvgIpc) is 2.68. The van der Waals surface area contributed by atoms with Crippen molar-refractivity contribution < 1.29 is 9.47 Å². The monoisotopic (exact) mass is 339 g/mol. The Morgan fingerprint density at radius 3 is 2.04 bits per heavy atom. The Balaban J connectivity index is 1.31. The lowest BCUT2D eigenvalue weighted by Gasteiger charge is -2.26. The highest BCUT2D eigenvalue weighted by Gasteiger charge is 2.09. The van der Waals surface area contributed by atoms with Crippen molar-refractivity contribution in [3.8, 4) is 11.5 Å². The summed E-state index contributed by atoms with van der Waals surface area (Å²) in [4.78, 5) is 2.55. The van der Waals surface area contributed by atoms with Crippen molar-refractivity contribution in [2.24, 2.45) is 0 Å². The second kappa shape index (κ2) is 10.1. The Morgan fingerprint density at radius 2 is 1.36 bits per heavy atom. The van der Waals surface area contributed by atoms with Gasteiger partial charge in [0, 0.05) is 13.0 Å². The Kier molecular flexibility index (Phi) is 7.19. The molecule has 0 aliphatic carbocycles. The zero-order valence-electron chi connectivity index (χ0n) is 15.0. The van der Waals surface area contributed by atoms with Crippen LogP contribution >= 0.6 is 0 Å². The SMILES string of the molecule is c1ccc(CCOc2ccc(OCCCN3CCCCC3)cc2)cc1. The van der Waals surface area contributed by atoms with Crippen LogP contribution in [-0.4, -0.2) is 37.7 Å². The molecule has 0 radical (unpaired) electrons. The van der Waals surface area contributed by atoms with Crippen molar-refractivity contribution in [1.82, 2.24) is 4.90 Å². The lowest BCUT2D eigenvalue weighted by Crippen LogP contribution is -2.31. The quantitative estimate of drug-likeness (QED) is 0.625. The number of likely N-dealkylation sites (tertiary alicyclic amines) is 1. The van der Waals surface area contributed by atoms with Crippen molar-refractivity contribution >= 4 is 0 Å². The van der Waals surface area contributed by atoms with E-state index in [1.54, 1.807) is 0 Å². The molecule has 134 valence electrons. The first-order chi connectivity index (χ1) is 12.4. The van der Waals surface area contributed by atoms with E-state index in [2.05, 4.69) is 29.2 Å². The van der Waals surface area contributed by atoms with Crippen LogP contribution in [0.25, 0.3) is 0 Å². The second-order valence-electron chi connectivity index (χ2n) is 6.66. The zero-order chi connectivity index (χ0) is 17.2. The van der Waals surface area contributed by atoms with Gasteiger partial charge >= 0.3 is 0 Å². The molecule has 0 amide bonds. The highest BCUT2D eigenvalue weighted by atomic mass is 16.5. The molecule has 0 unspecified atom stereocenters. The van der Waals surface area contributed by atoms with E-state index in [4.69, 9.17) is 9.47 Å². The topological polar surface area (TPSA) is 21.7 Å². The first-order valence-corrected chi connectivity index (χ1v) is 9.52. The number of hydrogen-bond donors (Lipinski definition) is 0. The van der Waals surface area contributed by atoms with Gasteiger partial charge in [-0.25, -0.2) is 0 Å². The summed E-state index contributed by atoms with van der Waals surface area (Å²) in [6.07, 6.45) is 6.12. The normalized spacial score (nSPS) is 15.0. The molecule has 0 N–H and O–H groups in total. The summed E-state index contributed by atoms with van der Waals surface area (Å²) in [5.41, 5.74) is 1.30. The van der Waals surface area contributed by atoms with Gasteiger partial charge in [0.05, 0.1) is 13.2 Å². The first kappa shape index (κ1) is 17.8. The van der Waals surface area contributed by atoms with Gasteiger partial charge in [-0.15, -0.1) is 0 Å². The van der Waals surface area contributed by atoms with Gasteiger partial charge in [-0.05, 0) is 62.2 Å². The van der Waals surface area contributed by atoms with Crippen LogP contribution in [0.5, 0.6) is 11.5 Å². The van der Waals surface area contributed by atoms with Gasteiger partial charge in [0.2, 0.25) is 0 Å². The smallest absolute Gasteiger partial charge is 0.119 e. The van der Waals surface area contributed by atoms with E-state index in [0.29, 0.717) is 6.61 Å². The van der Waals surface area contributed by atoms with Crippen LogP contribution < -0.4 is 9.47 Å². The lowest BCUT2D eigenvalue weighted by atomic mass is 10.1. The predicted octanol–water partition coefficient (Wildman–Crippen LogP) is 4.56. The summed E-state index contributed by atoms with van der Waals surface area (Å²) >= 11 is 0. The molecule has 3 heteroatoms. The zero-order valence-corrected chi connectivity index (χ0v) is 15.0. The van der Waals surface area contributed by atoms with Gasteiger partial charge in [-0.1, -0.05) is 36.8 Å². The van der Waals surface area contributed by atoms with Crippen molar-refractivity contribution in [2.45, 2.75) is 32.1 Å². The van der Waals surface area contributed by atoms with Crippen molar-refractivity contribution in [1.29, 1.82) is 0 Å². The molecule has 1 aliphatic rings. The number of piperidine rings is 1.